The first-order valence-electron chi connectivity index (χ1n) is 7.69. The predicted octanol–water partition coefficient (Wildman–Crippen LogP) is 3.64. The van der Waals surface area contributed by atoms with E-state index in [2.05, 4.69) is 49.8 Å². The van der Waals surface area contributed by atoms with Crippen molar-refractivity contribution < 1.29 is 4.74 Å². The average molecular weight is 374 g/mol. The summed E-state index contributed by atoms with van der Waals surface area (Å²) in [4.78, 5) is 4.33. The molecule has 2 aromatic carbocycles. The van der Waals surface area contributed by atoms with Crippen molar-refractivity contribution in [3.05, 3.63) is 64.1 Å². The summed E-state index contributed by atoms with van der Waals surface area (Å²) in [5.74, 6) is 1.76. The van der Waals surface area contributed by atoms with Crippen LogP contribution < -0.4 is 15.4 Å². The number of fused-ring (bicyclic) bond motifs is 1. The topological polar surface area (TPSA) is 45.7 Å². The molecule has 2 aromatic rings. The number of benzene rings is 2. The van der Waals surface area contributed by atoms with Crippen LogP contribution >= 0.6 is 15.9 Å². The number of ether oxygens (including phenoxy) is 1. The number of hydrogen-bond acceptors (Lipinski definition) is 2. The molecule has 2 N–H and O–H groups in total. The number of rotatable bonds is 3. The Bertz CT molecular complexity index is 685. The molecule has 5 heteroatoms. The lowest BCUT2D eigenvalue weighted by Crippen LogP contribution is -2.40. The molecule has 1 unspecified atom stereocenters. The Morgan fingerprint density at radius 3 is 2.78 bits per heavy atom. The molecule has 0 saturated carbocycles. The molecule has 1 atom stereocenters. The van der Waals surface area contributed by atoms with Gasteiger partial charge < -0.3 is 15.4 Å². The summed E-state index contributed by atoms with van der Waals surface area (Å²) < 4.78 is 6.79. The molecular formula is C18H20BrN3O. The van der Waals surface area contributed by atoms with Gasteiger partial charge in [0.1, 0.15) is 5.75 Å². The van der Waals surface area contributed by atoms with Crippen molar-refractivity contribution in [2.24, 2.45) is 4.99 Å². The third kappa shape index (κ3) is 4.05. The number of nitrogens with zero attached hydrogens (tertiary/aromatic N) is 1. The van der Waals surface area contributed by atoms with Gasteiger partial charge in [-0.05, 0) is 23.8 Å². The van der Waals surface area contributed by atoms with Crippen LogP contribution in [0.4, 0.5) is 0 Å². The second-order valence-corrected chi connectivity index (χ2v) is 6.34. The van der Waals surface area contributed by atoms with Crippen LogP contribution in [0.3, 0.4) is 0 Å². The van der Waals surface area contributed by atoms with E-state index in [1.54, 1.807) is 7.05 Å². The molecule has 0 fully saturated rings. The minimum atomic E-state index is 0.219. The highest BCUT2D eigenvalue weighted by atomic mass is 79.9. The van der Waals surface area contributed by atoms with Gasteiger partial charge in [-0.15, -0.1) is 0 Å². The SMILES string of the molecule is CN=C(NCc1ccc(Br)cc1)NC1CCOc2ccccc21. The normalized spacial score (nSPS) is 17.1. The summed E-state index contributed by atoms with van der Waals surface area (Å²) in [6.45, 7) is 1.45. The Balaban J connectivity index is 1.63. The van der Waals surface area contributed by atoms with Gasteiger partial charge in [-0.25, -0.2) is 0 Å². The molecule has 120 valence electrons. The fourth-order valence-electron chi connectivity index (χ4n) is 2.64. The zero-order chi connectivity index (χ0) is 16.1. The summed E-state index contributed by atoms with van der Waals surface area (Å²) in [5, 5.41) is 6.86. The van der Waals surface area contributed by atoms with Crippen LogP contribution in [0.25, 0.3) is 0 Å². The highest BCUT2D eigenvalue weighted by molar-refractivity contribution is 9.10. The van der Waals surface area contributed by atoms with Crippen molar-refractivity contribution in [2.45, 2.75) is 19.0 Å². The second-order valence-electron chi connectivity index (χ2n) is 5.42. The fraction of sp³-hybridized carbons (Fsp3) is 0.278. The van der Waals surface area contributed by atoms with Gasteiger partial charge in [-0.1, -0.05) is 46.3 Å². The van der Waals surface area contributed by atoms with Gasteiger partial charge in [0, 0.05) is 30.0 Å². The summed E-state index contributed by atoms with van der Waals surface area (Å²) >= 11 is 3.45. The van der Waals surface area contributed by atoms with Gasteiger partial charge in [0.25, 0.3) is 0 Å². The Morgan fingerprint density at radius 1 is 1.22 bits per heavy atom. The zero-order valence-electron chi connectivity index (χ0n) is 13.1. The lowest BCUT2D eigenvalue weighted by atomic mass is 10.0. The number of hydrogen-bond donors (Lipinski definition) is 2. The molecule has 0 aromatic heterocycles. The van der Waals surface area contributed by atoms with E-state index < -0.39 is 0 Å². The van der Waals surface area contributed by atoms with Gasteiger partial charge in [-0.2, -0.15) is 0 Å². The predicted molar refractivity (Wildman–Crippen MR) is 96.8 cm³/mol. The molecule has 0 saturated heterocycles. The summed E-state index contributed by atoms with van der Waals surface area (Å²) in [6, 6.07) is 16.7. The zero-order valence-corrected chi connectivity index (χ0v) is 14.6. The monoisotopic (exact) mass is 373 g/mol. The molecule has 1 aliphatic rings. The first-order chi connectivity index (χ1) is 11.3. The minimum Gasteiger partial charge on any atom is -0.493 e. The van der Waals surface area contributed by atoms with Crippen LogP contribution in [0.15, 0.2) is 58.0 Å². The lowest BCUT2D eigenvalue weighted by Gasteiger charge is -2.28. The van der Waals surface area contributed by atoms with Gasteiger partial charge >= 0.3 is 0 Å². The highest BCUT2D eigenvalue weighted by Crippen LogP contribution is 2.31. The quantitative estimate of drug-likeness (QED) is 0.637. The highest BCUT2D eigenvalue weighted by Gasteiger charge is 2.21. The Morgan fingerprint density at radius 2 is 2.00 bits per heavy atom. The minimum absolute atomic E-state index is 0.219. The van der Waals surface area contributed by atoms with Gasteiger partial charge in [-0.3, -0.25) is 4.99 Å². The Hall–Kier alpha value is -2.01. The van der Waals surface area contributed by atoms with E-state index in [1.165, 1.54) is 11.1 Å². The van der Waals surface area contributed by atoms with Crippen molar-refractivity contribution in [1.29, 1.82) is 0 Å². The van der Waals surface area contributed by atoms with E-state index in [0.717, 1.165) is 35.8 Å². The van der Waals surface area contributed by atoms with Gasteiger partial charge in [0.05, 0.1) is 12.6 Å². The maximum absolute atomic E-state index is 5.70. The molecule has 1 heterocycles. The van der Waals surface area contributed by atoms with Crippen LogP contribution in [0.2, 0.25) is 0 Å². The van der Waals surface area contributed by atoms with Gasteiger partial charge in [0.2, 0.25) is 0 Å². The van der Waals surface area contributed by atoms with Crippen molar-refractivity contribution in [3.63, 3.8) is 0 Å². The molecule has 0 spiro atoms. The van der Waals surface area contributed by atoms with Crippen LogP contribution in [0, 0.1) is 0 Å². The molecular weight excluding hydrogens is 354 g/mol. The number of guanidine groups is 1. The second kappa shape index (κ2) is 7.51. The van der Waals surface area contributed by atoms with Crippen molar-refractivity contribution in [2.75, 3.05) is 13.7 Å². The maximum Gasteiger partial charge on any atom is 0.191 e. The van der Waals surface area contributed by atoms with Crippen molar-refractivity contribution in [1.82, 2.24) is 10.6 Å². The summed E-state index contributed by atoms with van der Waals surface area (Å²) in [5.41, 5.74) is 2.40. The molecule has 1 aliphatic heterocycles. The fourth-order valence-corrected chi connectivity index (χ4v) is 2.90. The van der Waals surface area contributed by atoms with Crippen molar-refractivity contribution >= 4 is 21.9 Å². The first kappa shape index (κ1) is 15.9. The molecule has 4 nitrogen and oxygen atoms in total. The van der Waals surface area contributed by atoms with E-state index >= 15 is 0 Å². The third-order valence-corrected chi connectivity index (χ3v) is 4.39. The Kier molecular flexibility index (Phi) is 5.18. The lowest BCUT2D eigenvalue weighted by molar-refractivity contribution is 0.261. The maximum atomic E-state index is 5.70. The number of halogens is 1. The van der Waals surface area contributed by atoms with Crippen molar-refractivity contribution in [3.8, 4) is 5.75 Å². The summed E-state index contributed by atoms with van der Waals surface area (Å²) in [7, 11) is 1.79. The van der Waals surface area contributed by atoms with Crippen LogP contribution in [0.5, 0.6) is 5.75 Å². The Labute approximate surface area is 145 Å². The van der Waals surface area contributed by atoms with E-state index in [4.69, 9.17) is 4.74 Å². The largest absolute Gasteiger partial charge is 0.493 e. The average Bonchev–Trinajstić information content (AvgIpc) is 2.60. The molecule has 0 amide bonds. The number of nitrogens with one attached hydrogen (secondary N) is 2. The van der Waals surface area contributed by atoms with E-state index in [-0.39, 0.29) is 6.04 Å². The number of para-hydroxylation sites is 1. The van der Waals surface area contributed by atoms with E-state index in [0.29, 0.717) is 0 Å². The van der Waals surface area contributed by atoms with E-state index in [9.17, 15) is 0 Å². The van der Waals surface area contributed by atoms with Crippen LogP contribution in [0.1, 0.15) is 23.6 Å². The standard InChI is InChI=1S/C18H20BrN3O/c1-20-18(21-12-13-6-8-14(19)9-7-13)22-16-10-11-23-17-5-3-2-4-15(16)17/h2-9,16H,10-12H2,1H3,(H2,20,21,22). The molecule has 3 rings (SSSR count). The molecule has 0 bridgehead atoms. The first-order valence-corrected chi connectivity index (χ1v) is 8.49. The molecule has 23 heavy (non-hydrogen) atoms. The smallest absolute Gasteiger partial charge is 0.191 e. The number of aliphatic imine (C=N–C) groups is 1. The van der Waals surface area contributed by atoms with Crippen LogP contribution in [-0.4, -0.2) is 19.6 Å². The summed E-state index contributed by atoms with van der Waals surface area (Å²) in [6.07, 6.45) is 0.927. The van der Waals surface area contributed by atoms with Gasteiger partial charge in [0.15, 0.2) is 5.96 Å². The molecule has 0 aliphatic carbocycles. The third-order valence-electron chi connectivity index (χ3n) is 3.87. The van der Waals surface area contributed by atoms with E-state index in [1.807, 2.05) is 30.3 Å². The molecule has 0 radical (unpaired) electrons. The van der Waals surface area contributed by atoms with Crippen LogP contribution in [-0.2, 0) is 6.54 Å².